The van der Waals surface area contributed by atoms with Gasteiger partial charge in [0.2, 0.25) is 0 Å². The van der Waals surface area contributed by atoms with Crippen LogP contribution in [0.4, 0.5) is 5.69 Å². The molecule has 0 aliphatic carbocycles. The Morgan fingerprint density at radius 2 is 1.76 bits per heavy atom. The van der Waals surface area contributed by atoms with E-state index in [0.29, 0.717) is 55.5 Å². The zero-order chi connectivity index (χ0) is 24.1. The van der Waals surface area contributed by atoms with Gasteiger partial charge in [-0.05, 0) is 60.7 Å². The molecule has 4 rings (SSSR count). The average Bonchev–Trinajstić information content (AvgIpc) is 3.16. The van der Waals surface area contributed by atoms with Gasteiger partial charge < -0.3 is 14.8 Å². The Morgan fingerprint density at radius 3 is 2.56 bits per heavy atom. The zero-order valence-corrected chi connectivity index (χ0v) is 21.1. The molecule has 0 aromatic heterocycles. The van der Waals surface area contributed by atoms with Crippen LogP contribution >= 0.6 is 46.6 Å². The lowest BCUT2D eigenvalue weighted by atomic mass is 10.2. The third-order valence-electron chi connectivity index (χ3n) is 4.71. The van der Waals surface area contributed by atoms with Gasteiger partial charge in [0, 0.05) is 10.6 Å². The van der Waals surface area contributed by atoms with Crippen LogP contribution in [-0.2, 0) is 11.4 Å². The minimum absolute atomic E-state index is 0.251. The number of benzene rings is 3. The van der Waals surface area contributed by atoms with Crippen molar-refractivity contribution in [1.82, 2.24) is 5.32 Å². The number of nitrogens with one attached hydrogen (secondary N) is 1. The summed E-state index contributed by atoms with van der Waals surface area (Å²) in [6.07, 6.45) is 1.77. The molecular weight excluding hydrogens is 515 g/mol. The van der Waals surface area contributed by atoms with Crippen molar-refractivity contribution in [2.75, 3.05) is 6.61 Å². The summed E-state index contributed by atoms with van der Waals surface area (Å²) >= 11 is 19.7. The molecule has 3 aromatic carbocycles. The number of amides is 1. The molecule has 1 fully saturated rings. The molecule has 9 heteroatoms. The highest BCUT2D eigenvalue weighted by atomic mass is 35.5. The van der Waals surface area contributed by atoms with Gasteiger partial charge in [0.15, 0.2) is 16.7 Å². The standard InChI is InChI=1S/C25H19Cl3N2O3S/c1-2-32-21-12-15(10-11-20(21)33-14-16-6-3-4-7-17(16)26)13-22-24(31)30-25(34-22)29-19-9-5-8-18(27)23(19)28/h3-13H,2,14H2,1H3,(H,29,30,31)/b22-13+. The number of aliphatic imine (C=N–C) groups is 1. The third kappa shape index (κ3) is 5.88. The van der Waals surface area contributed by atoms with E-state index in [2.05, 4.69) is 10.3 Å². The Hall–Kier alpha value is -2.64. The molecule has 1 amide bonds. The van der Waals surface area contributed by atoms with E-state index in [4.69, 9.17) is 44.3 Å². The number of ether oxygens (including phenoxy) is 2. The van der Waals surface area contributed by atoms with E-state index in [1.54, 1.807) is 24.3 Å². The number of hydrogen-bond acceptors (Lipinski definition) is 5. The van der Waals surface area contributed by atoms with Gasteiger partial charge >= 0.3 is 0 Å². The quantitative estimate of drug-likeness (QED) is 0.319. The van der Waals surface area contributed by atoms with E-state index in [9.17, 15) is 4.79 Å². The first-order valence-corrected chi connectivity index (χ1v) is 12.3. The maximum Gasteiger partial charge on any atom is 0.264 e. The Labute approximate surface area is 216 Å². The van der Waals surface area contributed by atoms with E-state index >= 15 is 0 Å². The van der Waals surface area contributed by atoms with E-state index in [-0.39, 0.29) is 5.91 Å². The van der Waals surface area contributed by atoms with Crippen molar-refractivity contribution in [2.24, 2.45) is 4.99 Å². The molecule has 0 spiro atoms. The van der Waals surface area contributed by atoms with Gasteiger partial charge in [-0.2, -0.15) is 0 Å². The lowest BCUT2D eigenvalue weighted by Crippen LogP contribution is -2.19. The van der Waals surface area contributed by atoms with Crippen LogP contribution in [0.2, 0.25) is 15.1 Å². The number of amidine groups is 1. The van der Waals surface area contributed by atoms with Gasteiger partial charge in [0.25, 0.3) is 5.91 Å². The first-order valence-electron chi connectivity index (χ1n) is 10.3. The van der Waals surface area contributed by atoms with E-state index < -0.39 is 0 Å². The molecule has 0 saturated carbocycles. The Morgan fingerprint density at radius 1 is 0.971 bits per heavy atom. The van der Waals surface area contributed by atoms with Crippen molar-refractivity contribution in [2.45, 2.75) is 13.5 Å². The van der Waals surface area contributed by atoms with Gasteiger partial charge in [0.05, 0.1) is 27.2 Å². The maximum absolute atomic E-state index is 12.5. The molecule has 0 atom stereocenters. The molecular formula is C25H19Cl3N2O3S. The van der Waals surface area contributed by atoms with Crippen LogP contribution in [-0.4, -0.2) is 17.7 Å². The molecule has 0 bridgehead atoms. The Bertz CT molecular complexity index is 1290. The first-order chi connectivity index (χ1) is 16.4. The summed E-state index contributed by atoms with van der Waals surface area (Å²) in [4.78, 5) is 17.4. The summed E-state index contributed by atoms with van der Waals surface area (Å²) in [7, 11) is 0. The SMILES string of the molecule is CCOc1cc(/C=C2/SC(=Nc3cccc(Cl)c3Cl)NC2=O)ccc1OCc1ccccc1Cl. The largest absolute Gasteiger partial charge is 0.490 e. The molecule has 1 heterocycles. The van der Waals surface area contributed by atoms with Crippen LogP contribution in [0.25, 0.3) is 6.08 Å². The molecule has 34 heavy (non-hydrogen) atoms. The number of hydrogen-bond donors (Lipinski definition) is 1. The Balaban J connectivity index is 1.53. The van der Waals surface area contributed by atoms with E-state index in [1.807, 2.05) is 49.4 Å². The Kier molecular flexibility index (Phi) is 8.06. The van der Waals surface area contributed by atoms with Crippen LogP contribution in [0.1, 0.15) is 18.1 Å². The summed E-state index contributed by atoms with van der Waals surface area (Å²) in [5.74, 6) is 0.913. The molecule has 0 unspecified atom stereocenters. The van der Waals surface area contributed by atoms with Crippen molar-refractivity contribution < 1.29 is 14.3 Å². The van der Waals surface area contributed by atoms with E-state index in [1.165, 1.54) is 11.8 Å². The lowest BCUT2D eigenvalue weighted by molar-refractivity contribution is -0.115. The van der Waals surface area contributed by atoms with Gasteiger partial charge in [-0.3, -0.25) is 4.79 Å². The molecule has 0 radical (unpaired) electrons. The second-order valence-electron chi connectivity index (χ2n) is 7.07. The number of nitrogens with zero attached hydrogens (tertiary/aromatic N) is 1. The minimum atomic E-state index is -0.251. The predicted octanol–water partition coefficient (Wildman–Crippen LogP) is 7.52. The summed E-state index contributed by atoms with van der Waals surface area (Å²) in [6.45, 7) is 2.67. The second kappa shape index (κ2) is 11.2. The molecule has 1 aliphatic heterocycles. The fourth-order valence-corrected chi connectivity index (χ4v) is 4.46. The number of rotatable bonds is 7. The number of carbonyl (C=O) groups is 1. The molecule has 174 valence electrons. The van der Waals surface area contributed by atoms with Gasteiger partial charge in [-0.1, -0.05) is 65.1 Å². The number of thioether (sulfide) groups is 1. The molecule has 5 nitrogen and oxygen atoms in total. The van der Waals surface area contributed by atoms with Crippen molar-refractivity contribution in [3.63, 3.8) is 0 Å². The molecule has 1 N–H and O–H groups in total. The van der Waals surface area contributed by atoms with E-state index in [0.717, 1.165) is 11.1 Å². The lowest BCUT2D eigenvalue weighted by Gasteiger charge is -2.13. The van der Waals surface area contributed by atoms with Crippen LogP contribution in [0.3, 0.4) is 0 Å². The predicted molar refractivity (Wildman–Crippen MR) is 141 cm³/mol. The average molecular weight is 534 g/mol. The van der Waals surface area contributed by atoms with Gasteiger partial charge in [-0.15, -0.1) is 0 Å². The van der Waals surface area contributed by atoms with Crippen molar-refractivity contribution in [3.05, 3.63) is 91.8 Å². The highest BCUT2D eigenvalue weighted by Gasteiger charge is 2.24. The first kappa shape index (κ1) is 24.5. The highest BCUT2D eigenvalue weighted by molar-refractivity contribution is 8.18. The van der Waals surface area contributed by atoms with Crippen molar-refractivity contribution in [1.29, 1.82) is 0 Å². The third-order valence-corrected chi connectivity index (χ3v) is 6.80. The summed E-state index contributed by atoms with van der Waals surface area (Å²) in [6, 6.07) is 18.2. The van der Waals surface area contributed by atoms with Gasteiger partial charge in [-0.25, -0.2) is 4.99 Å². The fourth-order valence-electron chi connectivity index (χ4n) is 3.09. The molecule has 3 aromatic rings. The van der Waals surface area contributed by atoms with Crippen LogP contribution in [0.5, 0.6) is 11.5 Å². The maximum atomic E-state index is 12.5. The normalized spacial score (nSPS) is 15.6. The smallest absolute Gasteiger partial charge is 0.264 e. The minimum Gasteiger partial charge on any atom is -0.490 e. The van der Waals surface area contributed by atoms with Crippen LogP contribution in [0.15, 0.2) is 70.6 Å². The second-order valence-corrected chi connectivity index (χ2v) is 9.30. The van der Waals surface area contributed by atoms with Gasteiger partial charge in [0.1, 0.15) is 6.61 Å². The molecule has 1 aliphatic rings. The fraction of sp³-hybridized carbons (Fsp3) is 0.120. The topological polar surface area (TPSA) is 59.9 Å². The van der Waals surface area contributed by atoms with Crippen LogP contribution < -0.4 is 14.8 Å². The van der Waals surface area contributed by atoms with Crippen LogP contribution in [0, 0.1) is 0 Å². The van der Waals surface area contributed by atoms with Crippen molar-refractivity contribution in [3.8, 4) is 11.5 Å². The van der Waals surface area contributed by atoms with Crippen molar-refractivity contribution >= 4 is 69.4 Å². The number of carbonyl (C=O) groups excluding carboxylic acids is 1. The zero-order valence-electron chi connectivity index (χ0n) is 18.0. The summed E-state index contributed by atoms with van der Waals surface area (Å²) in [5.41, 5.74) is 2.15. The summed E-state index contributed by atoms with van der Waals surface area (Å²) in [5, 5.41) is 4.54. The summed E-state index contributed by atoms with van der Waals surface area (Å²) < 4.78 is 11.7. The number of halogens is 3. The highest BCUT2D eigenvalue weighted by Crippen LogP contribution is 2.36. The molecule has 1 saturated heterocycles. The monoisotopic (exact) mass is 532 g/mol.